The molecule has 0 spiro atoms. The van der Waals surface area contributed by atoms with Crippen LogP contribution in [0.25, 0.3) is 0 Å². The van der Waals surface area contributed by atoms with Gasteiger partial charge in [-0.25, -0.2) is 4.98 Å². The molecule has 1 N–H and O–H groups in total. The summed E-state index contributed by atoms with van der Waals surface area (Å²) in [7, 11) is 3.34. The molecule has 0 saturated carbocycles. The lowest BCUT2D eigenvalue weighted by molar-refractivity contribution is 0.694. The highest BCUT2D eigenvalue weighted by Gasteiger charge is 2.03. The summed E-state index contributed by atoms with van der Waals surface area (Å²) in [4.78, 5) is 27.4. The minimum atomic E-state index is -0.530. The molecule has 6 heteroatoms. The van der Waals surface area contributed by atoms with Gasteiger partial charge in [0.2, 0.25) is 0 Å². The first-order chi connectivity index (χ1) is 8.61. The molecule has 6 nitrogen and oxygen atoms in total. The zero-order chi connectivity index (χ0) is 13.1. The van der Waals surface area contributed by atoms with Gasteiger partial charge < -0.3 is 14.5 Å². The van der Waals surface area contributed by atoms with E-state index >= 15 is 0 Å². The van der Waals surface area contributed by atoms with Crippen LogP contribution in [-0.4, -0.2) is 21.2 Å². The van der Waals surface area contributed by atoms with E-state index in [0.29, 0.717) is 6.54 Å². The summed E-state index contributed by atoms with van der Waals surface area (Å²) in [6.07, 6.45) is 4.84. The maximum atomic E-state index is 11.7. The number of nitrogens with zero attached hydrogens (tertiary/aromatic N) is 3. The van der Waals surface area contributed by atoms with Gasteiger partial charge in [0.15, 0.2) is 0 Å². The van der Waals surface area contributed by atoms with E-state index in [2.05, 4.69) is 10.3 Å². The monoisotopic (exact) mass is 246 g/mol. The van der Waals surface area contributed by atoms with Crippen LogP contribution in [0.3, 0.4) is 0 Å². The van der Waals surface area contributed by atoms with Gasteiger partial charge in [-0.1, -0.05) is 6.07 Å². The summed E-state index contributed by atoms with van der Waals surface area (Å²) >= 11 is 0. The van der Waals surface area contributed by atoms with Gasteiger partial charge in [0.25, 0.3) is 0 Å². The number of hydrogen-bond acceptors (Lipinski definition) is 4. The van der Waals surface area contributed by atoms with E-state index in [-0.39, 0.29) is 0 Å². The molecule has 94 valence electrons. The number of pyridine rings is 1. The number of nitrogens with one attached hydrogen (secondary N) is 1. The molecule has 2 aromatic heterocycles. The van der Waals surface area contributed by atoms with Crippen LogP contribution in [0.15, 0.2) is 40.3 Å². The number of rotatable bonds is 3. The van der Waals surface area contributed by atoms with Crippen molar-refractivity contribution in [3.05, 3.63) is 57.0 Å². The second kappa shape index (κ2) is 4.87. The molecule has 0 aromatic carbocycles. The van der Waals surface area contributed by atoms with Gasteiger partial charge in [-0.15, -0.1) is 0 Å². The van der Waals surface area contributed by atoms with E-state index < -0.39 is 11.1 Å². The maximum absolute atomic E-state index is 11.7. The number of aromatic nitrogens is 3. The molecule has 2 heterocycles. The second-order valence-electron chi connectivity index (χ2n) is 3.95. The third-order valence-corrected chi connectivity index (χ3v) is 2.67. The Labute approximate surface area is 104 Å². The van der Waals surface area contributed by atoms with Crippen LogP contribution in [0.2, 0.25) is 0 Å². The lowest BCUT2D eigenvalue weighted by atomic mass is 10.3. The van der Waals surface area contributed by atoms with E-state index in [1.807, 2.05) is 12.1 Å². The van der Waals surface area contributed by atoms with E-state index in [1.54, 1.807) is 32.7 Å². The Kier molecular flexibility index (Phi) is 3.27. The minimum absolute atomic E-state index is 0.339. The number of anilines is 1. The van der Waals surface area contributed by atoms with Crippen LogP contribution in [0.1, 0.15) is 5.56 Å². The van der Waals surface area contributed by atoms with Crippen molar-refractivity contribution in [3.63, 3.8) is 0 Å². The first kappa shape index (κ1) is 12.1. The van der Waals surface area contributed by atoms with Gasteiger partial charge in [-0.2, -0.15) is 0 Å². The molecule has 0 aliphatic rings. The molecule has 0 bridgehead atoms. The Morgan fingerprint density at radius 1 is 1.22 bits per heavy atom. The lowest BCUT2D eigenvalue weighted by Gasteiger charge is -2.06. The summed E-state index contributed by atoms with van der Waals surface area (Å²) in [6, 6.07) is 3.68. The Bertz CT molecular complexity index is 655. The molecule has 18 heavy (non-hydrogen) atoms. The van der Waals surface area contributed by atoms with Crippen LogP contribution < -0.4 is 16.4 Å². The predicted octanol–water partition coefficient (Wildman–Crippen LogP) is 0.0320. The quantitative estimate of drug-likeness (QED) is 0.776. The standard InChI is InChI=1S/C12H14N4O2/c1-13-10-4-3-9(7-14-10)8-16-6-5-15(2)11(17)12(16)18/h3-7H,8H2,1-2H3,(H,13,14). The molecule has 2 aromatic rings. The molecule has 0 saturated heterocycles. The van der Waals surface area contributed by atoms with Gasteiger partial charge in [0.1, 0.15) is 5.82 Å². The smallest absolute Gasteiger partial charge is 0.316 e. The molecule has 0 atom stereocenters. The summed E-state index contributed by atoms with van der Waals surface area (Å²) in [5.74, 6) is 0.759. The Morgan fingerprint density at radius 3 is 2.61 bits per heavy atom. The van der Waals surface area contributed by atoms with Gasteiger partial charge in [-0.3, -0.25) is 9.59 Å². The zero-order valence-corrected chi connectivity index (χ0v) is 10.3. The van der Waals surface area contributed by atoms with Crippen molar-refractivity contribution in [2.45, 2.75) is 6.54 Å². The van der Waals surface area contributed by atoms with Gasteiger partial charge in [-0.05, 0) is 11.6 Å². The van der Waals surface area contributed by atoms with Crippen LogP contribution in [0.5, 0.6) is 0 Å². The topological polar surface area (TPSA) is 68.9 Å². The Balaban J connectivity index is 2.31. The fourth-order valence-corrected chi connectivity index (χ4v) is 1.58. The maximum Gasteiger partial charge on any atom is 0.316 e. The molecule has 2 rings (SSSR count). The van der Waals surface area contributed by atoms with Crippen molar-refractivity contribution < 1.29 is 0 Å². The van der Waals surface area contributed by atoms with Crippen molar-refractivity contribution in [1.29, 1.82) is 0 Å². The minimum Gasteiger partial charge on any atom is -0.373 e. The second-order valence-corrected chi connectivity index (χ2v) is 3.95. The van der Waals surface area contributed by atoms with Gasteiger partial charge >= 0.3 is 11.1 Å². The average molecular weight is 246 g/mol. The van der Waals surface area contributed by atoms with Gasteiger partial charge in [0, 0.05) is 32.7 Å². The molecular weight excluding hydrogens is 232 g/mol. The van der Waals surface area contributed by atoms with Crippen molar-refractivity contribution in [3.8, 4) is 0 Å². The normalized spacial score (nSPS) is 10.3. The van der Waals surface area contributed by atoms with E-state index in [9.17, 15) is 9.59 Å². The molecular formula is C12H14N4O2. The van der Waals surface area contributed by atoms with Crippen molar-refractivity contribution >= 4 is 5.82 Å². The first-order valence-corrected chi connectivity index (χ1v) is 5.50. The van der Waals surface area contributed by atoms with Gasteiger partial charge in [0.05, 0.1) is 6.54 Å². The highest BCUT2D eigenvalue weighted by Crippen LogP contribution is 2.04. The zero-order valence-electron chi connectivity index (χ0n) is 10.3. The van der Waals surface area contributed by atoms with Crippen molar-refractivity contribution in [1.82, 2.24) is 14.1 Å². The highest BCUT2D eigenvalue weighted by atomic mass is 16.2. The average Bonchev–Trinajstić information content (AvgIpc) is 2.40. The summed E-state index contributed by atoms with van der Waals surface area (Å²) < 4.78 is 2.64. The van der Waals surface area contributed by atoms with Crippen LogP contribution >= 0.6 is 0 Å². The summed E-state index contributed by atoms with van der Waals surface area (Å²) in [6.45, 7) is 0.339. The summed E-state index contributed by atoms with van der Waals surface area (Å²) in [5.41, 5.74) is -0.195. The van der Waals surface area contributed by atoms with Crippen molar-refractivity contribution in [2.24, 2.45) is 7.05 Å². The molecule has 0 aliphatic heterocycles. The molecule has 0 radical (unpaired) electrons. The van der Waals surface area contributed by atoms with E-state index in [1.165, 1.54) is 9.13 Å². The first-order valence-electron chi connectivity index (χ1n) is 5.50. The fourth-order valence-electron chi connectivity index (χ4n) is 1.58. The Hall–Kier alpha value is -2.37. The number of hydrogen-bond donors (Lipinski definition) is 1. The lowest BCUT2D eigenvalue weighted by Crippen LogP contribution is -2.39. The number of aryl methyl sites for hydroxylation is 1. The van der Waals surface area contributed by atoms with Crippen molar-refractivity contribution in [2.75, 3.05) is 12.4 Å². The SMILES string of the molecule is CNc1ccc(Cn2ccn(C)c(=O)c2=O)cn1. The molecule has 0 aliphatic carbocycles. The van der Waals surface area contributed by atoms with Crippen LogP contribution in [-0.2, 0) is 13.6 Å². The highest BCUT2D eigenvalue weighted by molar-refractivity contribution is 5.34. The predicted molar refractivity (Wildman–Crippen MR) is 68.8 cm³/mol. The summed E-state index contributed by atoms with van der Waals surface area (Å²) in [5, 5.41) is 2.91. The molecule has 0 unspecified atom stereocenters. The third-order valence-electron chi connectivity index (χ3n) is 2.67. The third kappa shape index (κ3) is 2.32. The van der Waals surface area contributed by atoms with E-state index in [0.717, 1.165) is 11.4 Å². The van der Waals surface area contributed by atoms with Crippen LogP contribution in [0.4, 0.5) is 5.82 Å². The fraction of sp³-hybridized carbons (Fsp3) is 0.250. The Morgan fingerprint density at radius 2 is 2.00 bits per heavy atom. The largest absolute Gasteiger partial charge is 0.373 e. The molecule has 0 fully saturated rings. The van der Waals surface area contributed by atoms with E-state index in [4.69, 9.17) is 0 Å². The van der Waals surface area contributed by atoms with Crippen LogP contribution in [0, 0.1) is 0 Å². The molecule has 0 amide bonds.